The van der Waals surface area contributed by atoms with Gasteiger partial charge in [0.25, 0.3) is 0 Å². The van der Waals surface area contributed by atoms with Crippen LogP contribution in [-0.4, -0.2) is 29.6 Å². The van der Waals surface area contributed by atoms with Gasteiger partial charge in [-0.25, -0.2) is 0 Å². The number of halogens is 4. The molecule has 0 aliphatic rings. The third-order valence-electron chi connectivity index (χ3n) is 0. The summed E-state index contributed by atoms with van der Waals surface area (Å²) >= 11 is 0. The first-order valence-corrected chi connectivity index (χ1v) is 2.76. The van der Waals surface area contributed by atoms with E-state index in [-0.39, 0.29) is 81.7 Å². The quantitative estimate of drug-likeness (QED) is 0.179. The Labute approximate surface area is 167 Å². The van der Waals surface area contributed by atoms with Crippen LogP contribution in [0.25, 0.3) is 0 Å². The smallest absolute Gasteiger partial charge is 0.867 e. The molecular weight excluding hydrogens is 673 g/mol. The molecule has 0 spiro atoms. The molecular formula is B4F4O8Pd4. The molecule has 0 rings (SSSR count). The van der Waals surface area contributed by atoms with E-state index in [1.54, 1.807) is 0 Å². The van der Waals surface area contributed by atoms with Gasteiger partial charge in [-0.1, -0.05) is 0 Å². The van der Waals surface area contributed by atoms with Gasteiger partial charge in [-0.15, -0.1) is 0 Å². The maximum atomic E-state index is 9.89. The molecule has 0 heterocycles. The van der Waals surface area contributed by atoms with Gasteiger partial charge >= 0.3 is 81.7 Å². The van der Waals surface area contributed by atoms with Crippen molar-refractivity contribution in [3.63, 3.8) is 0 Å². The fourth-order valence-corrected chi connectivity index (χ4v) is 0. The molecule has 0 saturated heterocycles. The van der Waals surface area contributed by atoms with E-state index in [0.29, 0.717) is 0 Å². The van der Waals surface area contributed by atoms with Gasteiger partial charge in [-0.3, -0.25) is 0 Å². The Kier molecular flexibility index (Phi) is 106. The molecule has 128 valence electrons. The Bertz CT molecular complexity index is 81.5. The van der Waals surface area contributed by atoms with Crippen molar-refractivity contribution in [3.05, 3.63) is 0 Å². The minimum Gasteiger partial charge on any atom is -0.867 e. The predicted molar refractivity (Wildman–Crippen MR) is 27.4 cm³/mol. The van der Waals surface area contributed by atoms with E-state index in [4.69, 9.17) is 40.2 Å². The zero-order valence-electron chi connectivity index (χ0n) is 8.35. The van der Waals surface area contributed by atoms with Crippen molar-refractivity contribution >= 4 is 29.6 Å². The first kappa shape index (κ1) is 49.5. The number of hydrogen-bond donors (Lipinski definition) is 0. The summed E-state index contributed by atoms with van der Waals surface area (Å²) in [5, 5.41) is 66.4. The monoisotopic (exact) mass is 672 g/mol. The van der Waals surface area contributed by atoms with E-state index in [9.17, 15) is 17.3 Å². The maximum Gasteiger partial charge on any atom is 2.00 e. The van der Waals surface area contributed by atoms with Gasteiger partial charge in [0.2, 0.25) is 0 Å². The van der Waals surface area contributed by atoms with Gasteiger partial charge in [0.15, 0.2) is 0 Å². The summed E-state index contributed by atoms with van der Waals surface area (Å²) in [6, 6.07) is 0. The van der Waals surface area contributed by atoms with Crippen molar-refractivity contribution in [2.24, 2.45) is 0 Å². The van der Waals surface area contributed by atoms with E-state index in [0.717, 1.165) is 0 Å². The van der Waals surface area contributed by atoms with E-state index in [1.807, 2.05) is 0 Å². The van der Waals surface area contributed by atoms with Crippen LogP contribution in [0.15, 0.2) is 0 Å². The molecule has 0 aliphatic carbocycles. The van der Waals surface area contributed by atoms with E-state index >= 15 is 0 Å². The molecule has 0 bridgehead atoms. The van der Waals surface area contributed by atoms with Crippen LogP contribution in [0, 0.1) is 0 Å². The second-order valence-corrected chi connectivity index (χ2v) is 1.10. The average Bonchev–Trinajstić information content (AvgIpc) is 1.76. The number of rotatable bonds is 0. The molecule has 0 aliphatic heterocycles. The van der Waals surface area contributed by atoms with Crippen LogP contribution in [0.1, 0.15) is 0 Å². The second-order valence-electron chi connectivity index (χ2n) is 1.10. The van der Waals surface area contributed by atoms with Gasteiger partial charge in [0.05, 0.1) is 0 Å². The van der Waals surface area contributed by atoms with Crippen molar-refractivity contribution in [1.82, 2.24) is 0 Å². The normalized spacial score (nSPS) is 5.40. The summed E-state index contributed by atoms with van der Waals surface area (Å²) in [6.45, 7) is 0. The van der Waals surface area contributed by atoms with Crippen LogP contribution in [0.2, 0.25) is 0 Å². The predicted octanol–water partition coefficient (Wildman–Crippen LogP) is -9.36. The Morgan fingerprint density at radius 1 is 0.350 bits per heavy atom. The molecule has 0 amide bonds. The fraction of sp³-hybridized carbons (Fsp3) is 0. The molecule has 20 heavy (non-hydrogen) atoms. The Morgan fingerprint density at radius 3 is 0.350 bits per heavy atom. The van der Waals surface area contributed by atoms with E-state index < -0.39 is 29.6 Å². The molecule has 0 aromatic carbocycles. The Morgan fingerprint density at radius 2 is 0.350 bits per heavy atom. The Hall–Kier alpha value is 2.31. The van der Waals surface area contributed by atoms with Crippen molar-refractivity contribution in [2.75, 3.05) is 0 Å². The molecule has 0 aromatic rings. The van der Waals surface area contributed by atoms with Crippen molar-refractivity contribution < 1.29 is 139 Å². The Balaban J connectivity index is -0.0000000150. The van der Waals surface area contributed by atoms with Crippen LogP contribution in [0.3, 0.4) is 0 Å². The molecule has 20 heteroatoms. The first-order valence-electron chi connectivity index (χ1n) is 2.76. The summed E-state index contributed by atoms with van der Waals surface area (Å²) in [6.07, 6.45) is 0. The van der Waals surface area contributed by atoms with Gasteiger partial charge in [0, 0.05) is 0 Å². The summed E-state index contributed by atoms with van der Waals surface area (Å²) in [5.74, 6) is 0. The topological polar surface area (TPSA) is 184 Å². The molecule has 0 radical (unpaired) electrons. The van der Waals surface area contributed by atoms with Gasteiger partial charge < -0.3 is 57.5 Å². The molecule has 0 N–H and O–H groups in total. The standard InChI is InChI=1S/4BFO2.4Pd/c4*2-1(3)4;;;;/q4*-2;4*+2. The van der Waals surface area contributed by atoms with Crippen LogP contribution in [-0.2, 0) is 81.7 Å². The van der Waals surface area contributed by atoms with Gasteiger partial charge in [0.1, 0.15) is 29.6 Å². The van der Waals surface area contributed by atoms with Crippen molar-refractivity contribution in [1.29, 1.82) is 0 Å². The number of hydrogen-bond acceptors (Lipinski definition) is 8. The van der Waals surface area contributed by atoms with Crippen LogP contribution in [0.5, 0.6) is 0 Å². The zero-order chi connectivity index (χ0) is 14.3. The minimum atomic E-state index is -3.17. The van der Waals surface area contributed by atoms with Gasteiger partial charge in [-0.2, -0.15) is 0 Å². The largest absolute Gasteiger partial charge is 2.00 e. The zero-order valence-corrected chi connectivity index (χ0v) is 14.6. The average molecular weight is 673 g/mol. The summed E-state index contributed by atoms with van der Waals surface area (Å²) in [7, 11) is -12.7. The molecule has 0 atom stereocenters. The van der Waals surface area contributed by atoms with Gasteiger partial charge in [-0.05, 0) is 0 Å². The SMILES string of the molecule is [O-]B([O-])F.[O-]B([O-])F.[O-]B([O-])F.[O-]B([O-])F.[Pd+2].[Pd+2].[Pd+2].[Pd+2]. The molecule has 8 nitrogen and oxygen atoms in total. The third kappa shape index (κ3) is 1420. The molecule has 0 aromatic heterocycles. The first-order chi connectivity index (χ1) is 6.93. The molecule has 0 unspecified atom stereocenters. The summed E-state index contributed by atoms with van der Waals surface area (Å²) in [4.78, 5) is 0. The third-order valence-corrected chi connectivity index (χ3v) is 0. The second kappa shape index (κ2) is 42.9. The fourth-order valence-electron chi connectivity index (χ4n) is 0. The van der Waals surface area contributed by atoms with Crippen LogP contribution >= 0.6 is 0 Å². The molecule has 0 saturated carbocycles. The van der Waals surface area contributed by atoms with E-state index in [1.165, 1.54) is 0 Å². The molecule has 0 fully saturated rings. The van der Waals surface area contributed by atoms with Crippen LogP contribution < -0.4 is 40.2 Å². The summed E-state index contributed by atoms with van der Waals surface area (Å²) in [5.41, 5.74) is 0. The van der Waals surface area contributed by atoms with Crippen molar-refractivity contribution in [3.8, 4) is 0 Å². The minimum absolute atomic E-state index is 0. The van der Waals surface area contributed by atoms with Crippen LogP contribution in [0.4, 0.5) is 17.3 Å². The van der Waals surface area contributed by atoms with Crippen molar-refractivity contribution in [2.45, 2.75) is 0 Å². The summed E-state index contributed by atoms with van der Waals surface area (Å²) < 4.78 is 39.6. The maximum absolute atomic E-state index is 9.89. The van der Waals surface area contributed by atoms with E-state index in [2.05, 4.69) is 0 Å².